The molecule has 3 aliphatic rings. The summed E-state index contributed by atoms with van der Waals surface area (Å²) in [5.41, 5.74) is 6.39. The molecular formula is C30H37FN2O. The number of carbonyl (C=O) groups is 1. The minimum absolute atomic E-state index is 0.177. The van der Waals surface area contributed by atoms with Gasteiger partial charge in [-0.25, -0.2) is 4.39 Å². The molecule has 0 N–H and O–H groups in total. The van der Waals surface area contributed by atoms with Crippen molar-refractivity contribution in [1.29, 1.82) is 0 Å². The van der Waals surface area contributed by atoms with E-state index in [-0.39, 0.29) is 16.9 Å². The Morgan fingerprint density at radius 2 is 1.82 bits per heavy atom. The van der Waals surface area contributed by atoms with E-state index in [0.717, 1.165) is 63.5 Å². The Bertz CT molecular complexity index is 1110. The highest BCUT2D eigenvalue weighted by Crippen LogP contribution is 2.55. The van der Waals surface area contributed by atoms with Crippen LogP contribution < -0.4 is 0 Å². The van der Waals surface area contributed by atoms with E-state index in [1.807, 2.05) is 6.07 Å². The summed E-state index contributed by atoms with van der Waals surface area (Å²) in [5, 5.41) is 0. The van der Waals surface area contributed by atoms with Crippen molar-refractivity contribution in [3.05, 3.63) is 76.6 Å². The number of nitrogens with zero attached hydrogens (tertiary/aromatic N) is 2. The molecule has 5 rings (SSSR count). The van der Waals surface area contributed by atoms with Crippen molar-refractivity contribution in [3.8, 4) is 0 Å². The summed E-state index contributed by atoms with van der Waals surface area (Å²) in [4.78, 5) is 18.1. The van der Waals surface area contributed by atoms with Crippen molar-refractivity contribution < 1.29 is 9.18 Å². The lowest BCUT2D eigenvalue weighted by molar-refractivity contribution is -0.139. The zero-order valence-electron chi connectivity index (χ0n) is 20.9. The van der Waals surface area contributed by atoms with Crippen LogP contribution in [0.4, 0.5) is 4.39 Å². The van der Waals surface area contributed by atoms with Crippen LogP contribution in [0.15, 0.2) is 54.1 Å². The van der Waals surface area contributed by atoms with E-state index in [0.29, 0.717) is 12.3 Å². The molecule has 0 bridgehead atoms. The third-order valence-electron chi connectivity index (χ3n) is 8.91. The maximum Gasteiger partial charge on any atom is 0.223 e. The van der Waals surface area contributed by atoms with E-state index in [4.69, 9.17) is 0 Å². The molecule has 1 amide bonds. The van der Waals surface area contributed by atoms with Crippen molar-refractivity contribution in [2.45, 2.75) is 75.8 Å². The predicted octanol–water partition coefficient (Wildman–Crippen LogP) is 6.33. The Hall–Kier alpha value is -2.46. The van der Waals surface area contributed by atoms with Crippen LogP contribution in [0, 0.1) is 5.82 Å². The van der Waals surface area contributed by atoms with Gasteiger partial charge < -0.3 is 4.90 Å². The molecule has 2 aromatic rings. The lowest BCUT2D eigenvalue weighted by Gasteiger charge is -2.56. The number of amides is 1. The maximum absolute atomic E-state index is 14.2. The van der Waals surface area contributed by atoms with Crippen LogP contribution in [0.3, 0.4) is 0 Å². The molecule has 0 atom stereocenters. The van der Waals surface area contributed by atoms with Gasteiger partial charge in [0.05, 0.1) is 5.54 Å². The molecule has 4 heteroatoms. The van der Waals surface area contributed by atoms with Gasteiger partial charge in [0.15, 0.2) is 0 Å². The number of carbonyl (C=O) groups excluding carboxylic acids is 1. The van der Waals surface area contributed by atoms with E-state index in [1.54, 1.807) is 6.07 Å². The number of hydrogen-bond donors (Lipinski definition) is 0. The van der Waals surface area contributed by atoms with Gasteiger partial charge in [-0.15, -0.1) is 0 Å². The van der Waals surface area contributed by atoms with Crippen LogP contribution in [0.1, 0.15) is 75.0 Å². The standard InChI is InChI=1S/C30H37FN2O/c1-4-5-13-28(34)33-19-14-26-25-12-7-6-9-22(25)20-27(26)30(33)17-15-29(16-18-30,32(2)3)23-10-8-11-24(31)21-23/h6-12,21H,4-5,13-20H2,1-3H3. The highest BCUT2D eigenvalue weighted by molar-refractivity contribution is 5.84. The Kier molecular flexibility index (Phi) is 6.14. The van der Waals surface area contributed by atoms with E-state index in [1.165, 1.54) is 28.3 Å². The third kappa shape index (κ3) is 3.62. The van der Waals surface area contributed by atoms with E-state index < -0.39 is 0 Å². The molecule has 1 aliphatic heterocycles. The number of unbranched alkanes of at least 4 members (excludes halogenated alkanes) is 1. The molecule has 1 saturated carbocycles. The second kappa shape index (κ2) is 8.96. The monoisotopic (exact) mass is 460 g/mol. The third-order valence-corrected chi connectivity index (χ3v) is 8.91. The van der Waals surface area contributed by atoms with Gasteiger partial charge in [0.1, 0.15) is 5.82 Å². The van der Waals surface area contributed by atoms with Crippen LogP contribution in [0.25, 0.3) is 5.57 Å². The first-order valence-electron chi connectivity index (χ1n) is 13.0. The molecule has 2 aromatic carbocycles. The lowest BCUT2D eigenvalue weighted by Crippen LogP contribution is -2.60. The molecule has 0 radical (unpaired) electrons. The quantitative estimate of drug-likeness (QED) is 0.521. The van der Waals surface area contributed by atoms with Crippen molar-refractivity contribution in [1.82, 2.24) is 9.80 Å². The largest absolute Gasteiger partial charge is 0.333 e. The molecular weight excluding hydrogens is 423 g/mol. The maximum atomic E-state index is 14.2. The number of fused-ring (bicyclic) bond motifs is 3. The van der Waals surface area contributed by atoms with Crippen LogP contribution in [0.2, 0.25) is 0 Å². The van der Waals surface area contributed by atoms with Gasteiger partial charge in [0, 0.05) is 18.5 Å². The van der Waals surface area contributed by atoms with Crippen molar-refractivity contribution in [3.63, 3.8) is 0 Å². The molecule has 1 spiro atoms. The second-order valence-electron chi connectivity index (χ2n) is 10.7. The summed E-state index contributed by atoms with van der Waals surface area (Å²) in [7, 11) is 4.23. The zero-order chi connectivity index (χ0) is 23.9. The Morgan fingerprint density at radius 1 is 1.06 bits per heavy atom. The first-order chi connectivity index (χ1) is 16.4. The summed E-state index contributed by atoms with van der Waals surface area (Å²) in [6.45, 7) is 2.96. The molecule has 1 fully saturated rings. The average molecular weight is 461 g/mol. The van der Waals surface area contributed by atoms with E-state index in [9.17, 15) is 9.18 Å². The molecule has 2 aliphatic carbocycles. The minimum Gasteiger partial charge on any atom is -0.333 e. The highest BCUT2D eigenvalue weighted by Gasteiger charge is 2.53. The van der Waals surface area contributed by atoms with Gasteiger partial charge in [0.2, 0.25) is 5.91 Å². The minimum atomic E-state index is -0.218. The number of hydrogen-bond acceptors (Lipinski definition) is 2. The molecule has 0 aromatic heterocycles. The molecule has 0 saturated heterocycles. The zero-order valence-corrected chi connectivity index (χ0v) is 20.9. The van der Waals surface area contributed by atoms with Gasteiger partial charge in [-0.1, -0.05) is 49.7 Å². The Labute approximate surface area is 203 Å². The van der Waals surface area contributed by atoms with Gasteiger partial charge in [-0.05, 0) is 99.0 Å². The van der Waals surface area contributed by atoms with Crippen LogP contribution in [-0.4, -0.2) is 41.9 Å². The fourth-order valence-corrected chi connectivity index (χ4v) is 7.01. The van der Waals surface area contributed by atoms with Crippen LogP contribution in [-0.2, 0) is 16.8 Å². The topological polar surface area (TPSA) is 23.6 Å². The van der Waals surface area contributed by atoms with Crippen molar-refractivity contribution in [2.75, 3.05) is 20.6 Å². The van der Waals surface area contributed by atoms with Crippen LogP contribution >= 0.6 is 0 Å². The van der Waals surface area contributed by atoms with Crippen molar-refractivity contribution in [2.24, 2.45) is 0 Å². The normalized spacial score (nSPS) is 26.2. The van der Waals surface area contributed by atoms with Gasteiger partial charge in [0.25, 0.3) is 0 Å². The van der Waals surface area contributed by atoms with E-state index >= 15 is 0 Å². The number of benzene rings is 2. The first kappa shape index (κ1) is 23.3. The summed E-state index contributed by atoms with van der Waals surface area (Å²) >= 11 is 0. The van der Waals surface area contributed by atoms with Crippen LogP contribution in [0.5, 0.6) is 0 Å². The SMILES string of the molecule is CCCCC(=O)N1CCC2=C(Cc3ccccc32)C12CCC(c1cccc(F)c1)(N(C)C)CC2. The molecule has 180 valence electrons. The number of halogens is 1. The molecule has 34 heavy (non-hydrogen) atoms. The van der Waals surface area contributed by atoms with E-state index in [2.05, 4.69) is 61.2 Å². The Morgan fingerprint density at radius 3 is 2.53 bits per heavy atom. The van der Waals surface area contributed by atoms with Gasteiger partial charge in [-0.3, -0.25) is 9.69 Å². The van der Waals surface area contributed by atoms with Gasteiger partial charge in [-0.2, -0.15) is 0 Å². The molecule has 0 unspecified atom stereocenters. The molecule has 3 nitrogen and oxygen atoms in total. The summed E-state index contributed by atoms with van der Waals surface area (Å²) in [6.07, 6.45) is 8.20. The Balaban J connectivity index is 1.54. The highest BCUT2D eigenvalue weighted by atomic mass is 19.1. The fourth-order valence-electron chi connectivity index (χ4n) is 7.01. The fraction of sp³-hybridized carbons (Fsp3) is 0.500. The summed E-state index contributed by atoms with van der Waals surface area (Å²) in [5.74, 6) is 0.136. The van der Waals surface area contributed by atoms with Crippen molar-refractivity contribution >= 4 is 11.5 Å². The predicted molar refractivity (Wildman–Crippen MR) is 136 cm³/mol. The summed E-state index contributed by atoms with van der Waals surface area (Å²) in [6, 6.07) is 15.9. The average Bonchev–Trinajstić information content (AvgIpc) is 3.23. The first-order valence-corrected chi connectivity index (χ1v) is 13.0. The van der Waals surface area contributed by atoms with Gasteiger partial charge >= 0.3 is 0 Å². The lowest BCUT2D eigenvalue weighted by atomic mass is 9.63. The summed E-state index contributed by atoms with van der Waals surface area (Å²) < 4.78 is 14.2. The number of rotatable bonds is 5. The second-order valence-corrected chi connectivity index (χ2v) is 10.7. The molecule has 1 heterocycles. The smallest absolute Gasteiger partial charge is 0.223 e.